The summed E-state index contributed by atoms with van der Waals surface area (Å²) >= 11 is 0. The van der Waals surface area contributed by atoms with Gasteiger partial charge in [-0.1, -0.05) is 12.2 Å². The van der Waals surface area contributed by atoms with E-state index in [-0.39, 0.29) is 59.1 Å². The van der Waals surface area contributed by atoms with Crippen LogP contribution >= 0.6 is 0 Å². The van der Waals surface area contributed by atoms with Crippen molar-refractivity contribution in [1.82, 2.24) is 0 Å². The molecule has 20 heavy (non-hydrogen) atoms. The first-order valence-electron chi connectivity index (χ1n) is 4.74. The van der Waals surface area contributed by atoms with Crippen molar-refractivity contribution in [2.24, 2.45) is 5.41 Å². The second kappa shape index (κ2) is 10.1. The molecule has 7 nitrogen and oxygen atoms in total. The van der Waals surface area contributed by atoms with Crippen molar-refractivity contribution in [2.45, 2.75) is 18.1 Å². The molecule has 0 aliphatic rings. The molecule has 0 heterocycles. The van der Waals surface area contributed by atoms with Crippen LogP contribution in [0.4, 0.5) is 0 Å². The Morgan fingerprint density at radius 2 is 1.50 bits per heavy atom. The first kappa shape index (κ1) is 25.3. The van der Waals surface area contributed by atoms with E-state index >= 15 is 0 Å². The van der Waals surface area contributed by atoms with Crippen molar-refractivity contribution in [3.63, 3.8) is 0 Å². The van der Waals surface area contributed by atoms with Gasteiger partial charge in [-0.25, -0.2) is 0 Å². The molecule has 0 spiro atoms. The molecule has 102 valence electrons. The average Bonchev–Trinajstić information content (AvgIpc) is 2.14. The van der Waals surface area contributed by atoms with Gasteiger partial charge >= 0.3 is 59.1 Å². The van der Waals surface area contributed by atoms with Gasteiger partial charge in [0.05, 0.1) is 5.97 Å². The van der Waals surface area contributed by atoms with E-state index in [1.165, 1.54) is 0 Å². The minimum absolute atomic E-state index is 0. The molecule has 0 aliphatic heterocycles. The van der Waals surface area contributed by atoms with Gasteiger partial charge < -0.3 is 19.8 Å². The Labute approximate surface area is 161 Å². The average molecular weight is 322 g/mol. The maximum Gasteiger partial charge on any atom is 1.00 e. The number of aliphatic carboxylic acids is 2. The smallest absolute Gasteiger partial charge is 0.549 e. The van der Waals surface area contributed by atoms with Gasteiger partial charge in [0.25, 0.3) is 10.1 Å². The number of carboxylic acid groups (broad SMARTS) is 2. The minimum Gasteiger partial charge on any atom is -0.549 e. The molecule has 1 N–H and O–H groups in total. The van der Waals surface area contributed by atoms with Gasteiger partial charge in [0.2, 0.25) is 0 Å². The van der Waals surface area contributed by atoms with E-state index in [1.54, 1.807) is 0 Å². The zero-order chi connectivity index (χ0) is 14.6. The molecular formula is C10H12Na2O7S. The van der Waals surface area contributed by atoms with Crippen LogP contribution in [-0.2, 0) is 19.7 Å². The summed E-state index contributed by atoms with van der Waals surface area (Å²) in [5.74, 6) is -4.18. The number of carboxylic acids is 2. The summed E-state index contributed by atoms with van der Waals surface area (Å²) in [5, 5.41) is 19.3. The molecule has 10 heteroatoms. The maximum absolute atomic E-state index is 11.1. The van der Waals surface area contributed by atoms with E-state index in [1.807, 2.05) is 0 Å². The van der Waals surface area contributed by atoms with Crippen LogP contribution in [-0.4, -0.2) is 30.2 Å². The number of hydrogen-bond acceptors (Lipinski definition) is 6. The van der Waals surface area contributed by atoms with Gasteiger partial charge in [-0.2, -0.15) is 8.42 Å². The van der Waals surface area contributed by atoms with Gasteiger partial charge in [-0.05, 0) is 12.8 Å². The summed E-state index contributed by atoms with van der Waals surface area (Å²) in [6.07, 6.45) is 0.945. The Kier molecular flexibility index (Phi) is 12.8. The fourth-order valence-electron chi connectivity index (χ4n) is 1.72. The summed E-state index contributed by atoms with van der Waals surface area (Å²) in [4.78, 5) is 22.0. The molecule has 0 amide bonds. The second-order valence-corrected chi connectivity index (χ2v) is 5.14. The number of rotatable bonds is 8. The number of allylic oxidation sites excluding steroid dienone is 2. The summed E-state index contributed by atoms with van der Waals surface area (Å²) in [7, 11) is -5.19. The Bertz CT molecular complexity index is 462. The number of carbonyl (C=O) groups excluding carboxylic acids is 2. The van der Waals surface area contributed by atoms with Crippen molar-refractivity contribution in [3.8, 4) is 0 Å². The molecule has 0 bridgehead atoms. The molecular weight excluding hydrogens is 310 g/mol. The van der Waals surface area contributed by atoms with Crippen LogP contribution in [0.1, 0.15) is 12.8 Å². The maximum atomic E-state index is 11.1. The van der Waals surface area contributed by atoms with Crippen molar-refractivity contribution in [2.75, 3.05) is 0 Å². The summed E-state index contributed by atoms with van der Waals surface area (Å²) in [6, 6.07) is 0. The standard InChI is InChI=1S/C10H14O7S.2Na/c1-3-5-10(6-4-2,9(13)14)7(8(11)12)18(15,16)17;;/h3-4,7H,1-2,5-6H2,(H,11,12)(H,13,14)(H,15,16,17);;/q;2*+1/p-2. The summed E-state index contributed by atoms with van der Waals surface area (Å²) < 4.78 is 31.0. The van der Waals surface area contributed by atoms with Crippen LogP contribution in [0, 0.1) is 5.41 Å². The van der Waals surface area contributed by atoms with E-state index < -0.39 is 45.6 Å². The first-order chi connectivity index (χ1) is 8.13. The molecule has 0 saturated heterocycles. The molecule has 1 atom stereocenters. The SMILES string of the molecule is C=CCC(CC=C)(C(=O)[O-])C(C(=O)[O-])S(=O)(=O)O.[Na+].[Na+]. The molecule has 0 aromatic heterocycles. The number of hydrogen-bond donors (Lipinski definition) is 1. The van der Waals surface area contributed by atoms with Gasteiger partial charge in [-0.15, -0.1) is 13.2 Å². The van der Waals surface area contributed by atoms with Crippen LogP contribution in [0.15, 0.2) is 25.3 Å². The van der Waals surface area contributed by atoms with E-state index in [0.717, 1.165) is 12.2 Å². The van der Waals surface area contributed by atoms with E-state index in [4.69, 9.17) is 4.55 Å². The molecule has 0 aliphatic carbocycles. The minimum atomic E-state index is -5.19. The molecule has 0 aromatic rings. The van der Waals surface area contributed by atoms with Crippen molar-refractivity contribution in [3.05, 3.63) is 25.3 Å². The fraction of sp³-hybridized carbons (Fsp3) is 0.400. The Balaban J connectivity index is -0.00000144. The van der Waals surface area contributed by atoms with Crippen LogP contribution in [0.25, 0.3) is 0 Å². The van der Waals surface area contributed by atoms with Crippen molar-refractivity contribution < 1.29 is 91.9 Å². The zero-order valence-corrected chi connectivity index (χ0v) is 16.2. The van der Waals surface area contributed by atoms with Crippen LogP contribution in [0.3, 0.4) is 0 Å². The van der Waals surface area contributed by atoms with Gasteiger partial charge in [0.15, 0.2) is 0 Å². The van der Waals surface area contributed by atoms with Gasteiger partial charge in [-0.3, -0.25) is 4.55 Å². The van der Waals surface area contributed by atoms with Gasteiger partial charge in [0, 0.05) is 11.4 Å². The fourth-order valence-corrected chi connectivity index (χ4v) is 2.82. The Morgan fingerprint density at radius 1 is 1.15 bits per heavy atom. The number of carbonyl (C=O) groups is 2. The van der Waals surface area contributed by atoms with Crippen LogP contribution in [0.5, 0.6) is 0 Å². The molecule has 0 aromatic carbocycles. The monoisotopic (exact) mass is 322 g/mol. The predicted molar refractivity (Wildman–Crippen MR) is 57.4 cm³/mol. The predicted octanol–water partition coefficient (Wildman–Crippen LogP) is -8.11. The van der Waals surface area contributed by atoms with E-state index in [9.17, 15) is 28.2 Å². The molecule has 0 radical (unpaired) electrons. The zero-order valence-electron chi connectivity index (χ0n) is 11.4. The van der Waals surface area contributed by atoms with E-state index in [0.29, 0.717) is 0 Å². The largest absolute Gasteiger partial charge is 1.00 e. The van der Waals surface area contributed by atoms with Crippen LogP contribution < -0.4 is 69.3 Å². The second-order valence-electron chi connectivity index (χ2n) is 3.64. The Morgan fingerprint density at radius 3 is 1.65 bits per heavy atom. The quantitative estimate of drug-likeness (QED) is 0.266. The van der Waals surface area contributed by atoms with Crippen molar-refractivity contribution >= 4 is 22.1 Å². The third kappa shape index (κ3) is 5.98. The van der Waals surface area contributed by atoms with E-state index in [2.05, 4.69) is 13.2 Å². The Hall–Kier alpha value is 0.330. The first-order valence-corrected chi connectivity index (χ1v) is 6.24. The van der Waals surface area contributed by atoms with Gasteiger partial charge in [0.1, 0.15) is 5.25 Å². The molecule has 0 rings (SSSR count). The topological polar surface area (TPSA) is 135 Å². The van der Waals surface area contributed by atoms with Crippen molar-refractivity contribution in [1.29, 1.82) is 0 Å². The van der Waals surface area contributed by atoms with Crippen LogP contribution in [0.2, 0.25) is 0 Å². The third-order valence-electron chi connectivity index (χ3n) is 2.44. The summed E-state index contributed by atoms with van der Waals surface area (Å²) in [5.41, 5.74) is -2.41. The summed E-state index contributed by atoms with van der Waals surface area (Å²) in [6.45, 7) is 6.44. The normalized spacial score (nSPS) is 12.2. The molecule has 0 saturated carbocycles. The third-order valence-corrected chi connectivity index (χ3v) is 3.68. The molecule has 1 unspecified atom stereocenters. The molecule has 0 fully saturated rings.